The van der Waals surface area contributed by atoms with E-state index in [2.05, 4.69) is 27.7 Å². The van der Waals surface area contributed by atoms with Crippen molar-refractivity contribution >= 4 is 46.1 Å². The van der Waals surface area contributed by atoms with E-state index >= 15 is 0 Å². The highest BCUT2D eigenvalue weighted by Crippen LogP contribution is 2.25. The number of hydrogen-bond donors (Lipinski definition) is 3. The van der Waals surface area contributed by atoms with Crippen molar-refractivity contribution in [2.24, 2.45) is 5.10 Å². The van der Waals surface area contributed by atoms with Gasteiger partial charge in [-0.05, 0) is 37.1 Å². The minimum atomic E-state index is -1.32. The molecule has 3 rings (SSSR count). The molecule has 0 aromatic heterocycles. The van der Waals surface area contributed by atoms with Gasteiger partial charge in [0.05, 0.1) is 11.7 Å². The van der Waals surface area contributed by atoms with E-state index in [1.807, 2.05) is 32.0 Å². The fraction of sp³-hybridized carbons (Fsp3) is 0.217. The van der Waals surface area contributed by atoms with Crippen LogP contribution in [0.1, 0.15) is 23.1 Å². The number of ether oxygens (including phenoxy) is 1. The molecule has 2 aromatic rings. The highest BCUT2D eigenvalue weighted by Gasteiger charge is 2.32. The van der Waals surface area contributed by atoms with Crippen molar-refractivity contribution in [3.8, 4) is 5.75 Å². The molecule has 3 N–H and O–H groups in total. The number of nitrogens with one attached hydrogen (secondary N) is 3. The van der Waals surface area contributed by atoms with Gasteiger partial charge in [-0.3, -0.25) is 15.0 Å². The van der Waals surface area contributed by atoms with Crippen molar-refractivity contribution in [1.82, 2.24) is 10.7 Å². The molecule has 2 aromatic carbocycles. The second-order valence-electron chi connectivity index (χ2n) is 7.31. The number of amidine groups is 1. The molecule has 0 saturated carbocycles. The number of carbonyl (C=O) groups excluding carboxylic acids is 3. The van der Waals surface area contributed by atoms with Crippen LogP contribution in [-0.4, -0.2) is 34.8 Å². The fourth-order valence-corrected chi connectivity index (χ4v) is 3.99. The van der Waals surface area contributed by atoms with Gasteiger partial charge in [0.15, 0.2) is 5.17 Å². The van der Waals surface area contributed by atoms with Crippen LogP contribution in [-0.2, 0) is 14.4 Å². The summed E-state index contributed by atoms with van der Waals surface area (Å²) in [4.78, 5) is 35.3. The van der Waals surface area contributed by atoms with Gasteiger partial charge in [-0.15, -0.1) is 5.10 Å². The van der Waals surface area contributed by atoms with Gasteiger partial charge in [0.2, 0.25) is 11.8 Å². The molecule has 1 aliphatic rings. The van der Waals surface area contributed by atoms with Gasteiger partial charge in [-0.2, -0.15) is 0 Å². The Kier molecular flexibility index (Phi) is 7.73. The van der Waals surface area contributed by atoms with E-state index < -0.39 is 17.8 Å². The third kappa shape index (κ3) is 6.59. The second-order valence-corrected chi connectivity index (χ2v) is 8.50. The average Bonchev–Trinajstić information content (AvgIpc) is 3.12. The van der Waals surface area contributed by atoms with Gasteiger partial charge in [-0.1, -0.05) is 48.7 Å². The Morgan fingerprint density at radius 3 is 2.61 bits per heavy atom. The van der Waals surface area contributed by atoms with Crippen molar-refractivity contribution in [2.45, 2.75) is 25.5 Å². The zero-order chi connectivity index (χ0) is 24.0. The molecular formula is C23H23N4O5S-. The van der Waals surface area contributed by atoms with Gasteiger partial charge in [0.25, 0.3) is 0 Å². The first-order valence-corrected chi connectivity index (χ1v) is 10.9. The lowest BCUT2D eigenvalue weighted by Gasteiger charge is -2.12. The molecule has 10 heteroatoms. The number of para-hydroxylation sites is 1. The first-order valence-electron chi connectivity index (χ1n) is 10.0. The van der Waals surface area contributed by atoms with E-state index in [1.165, 1.54) is 0 Å². The molecule has 1 aliphatic heterocycles. The van der Waals surface area contributed by atoms with Crippen LogP contribution in [0.15, 0.2) is 54.1 Å². The maximum Gasteiger partial charge on any atom is 0.240 e. The maximum absolute atomic E-state index is 12.5. The SMILES string of the molecule is C=C(N/N=C1\NC(=O)[C@@H](CC(=O)Nc2c(C)cccc2C)S1)c1cccc(OCC(=O)[O-])c1. The minimum Gasteiger partial charge on any atom is -0.546 e. The van der Waals surface area contributed by atoms with Crippen LogP contribution in [0.25, 0.3) is 5.70 Å². The third-order valence-electron chi connectivity index (χ3n) is 4.72. The van der Waals surface area contributed by atoms with E-state index in [-0.39, 0.29) is 18.2 Å². The number of hydrogen-bond acceptors (Lipinski definition) is 8. The fourth-order valence-electron chi connectivity index (χ4n) is 3.06. The zero-order valence-corrected chi connectivity index (χ0v) is 19.0. The average molecular weight is 468 g/mol. The third-order valence-corrected chi connectivity index (χ3v) is 5.81. The van der Waals surface area contributed by atoms with Crippen molar-refractivity contribution in [1.29, 1.82) is 0 Å². The summed E-state index contributed by atoms with van der Waals surface area (Å²) in [7, 11) is 0. The standard InChI is InChI=1S/C23H24N4O5S/c1-13-6-4-7-14(2)21(13)24-19(28)11-18-22(31)25-23(33-18)27-26-15(3)16-8-5-9-17(10-16)32-12-20(29)30/h4-10,18,26H,3,11-12H2,1-2H3,(H,24,28)(H,29,30)(H,25,27,31)/p-1/t18-/m1/s1. The number of benzene rings is 2. The summed E-state index contributed by atoms with van der Waals surface area (Å²) in [5.41, 5.74) is 6.44. The lowest BCUT2D eigenvalue weighted by Crippen LogP contribution is -2.29. The molecule has 33 heavy (non-hydrogen) atoms. The Labute approximate surface area is 195 Å². The molecule has 2 amide bonds. The number of aryl methyl sites for hydroxylation is 2. The molecule has 0 unspecified atom stereocenters. The predicted molar refractivity (Wildman–Crippen MR) is 125 cm³/mol. The van der Waals surface area contributed by atoms with Gasteiger partial charge in [-0.25, -0.2) is 0 Å². The monoisotopic (exact) mass is 467 g/mol. The van der Waals surface area contributed by atoms with Crippen molar-refractivity contribution in [3.05, 3.63) is 65.7 Å². The molecule has 0 radical (unpaired) electrons. The number of nitrogens with zero attached hydrogens (tertiary/aromatic N) is 1. The molecule has 1 heterocycles. The first kappa shape index (κ1) is 23.9. The topological polar surface area (TPSA) is 132 Å². The Hall–Kier alpha value is -3.79. The van der Waals surface area contributed by atoms with Gasteiger partial charge < -0.3 is 25.3 Å². The number of hydrazone groups is 1. The Morgan fingerprint density at radius 2 is 1.91 bits per heavy atom. The normalized spacial score (nSPS) is 16.2. The van der Waals surface area contributed by atoms with E-state index in [1.54, 1.807) is 24.3 Å². The van der Waals surface area contributed by atoms with E-state index in [9.17, 15) is 19.5 Å². The number of carbonyl (C=O) groups is 3. The number of aliphatic carboxylic acids is 1. The summed E-state index contributed by atoms with van der Waals surface area (Å²) in [6.07, 6.45) is 0.00204. The first-order chi connectivity index (χ1) is 15.7. The molecule has 1 fully saturated rings. The molecule has 172 valence electrons. The van der Waals surface area contributed by atoms with E-state index in [0.29, 0.717) is 22.2 Å². The summed E-state index contributed by atoms with van der Waals surface area (Å²) in [6, 6.07) is 12.4. The van der Waals surface area contributed by atoms with Gasteiger partial charge in [0.1, 0.15) is 17.6 Å². The van der Waals surface area contributed by atoms with Crippen LogP contribution in [0.5, 0.6) is 5.75 Å². The summed E-state index contributed by atoms with van der Waals surface area (Å²) < 4.78 is 5.09. The molecule has 0 aliphatic carbocycles. The summed E-state index contributed by atoms with van der Waals surface area (Å²) >= 11 is 1.15. The number of carboxylic acid groups (broad SMARTS) is 1. The summed E-state index contributed by atoms with van der Waals surface area (Å²) in [5.74, 6) is -1.55. The van der Waals surface area contributed by atoms with Crippen molar-refractivity contribution < 1.29 is 24.2 Å². The summed E-state index contributed by atoms with van der Waals surface area (Å²) in [5, 5.41) is 19.9. The lowest BCUT2D eigenvalue weighted by atomic mass is 10.1. The van der Waals surface area contributed by atoms with Crippen LogP contribution in [0.4, 0.5) is 5.69 Å². The Morgan fingerprint density at radius 1 is 1.21 bits per heavy atom. The van der Waals surface area contributed by atoms with Crippen LogP contribution in [0.2, 0.25) is 0 Å². The van der Waals surface area contributed by atoms with E-state index in [4.69, 9.17) is 4.74 Å². The van der Waals surface area contributed by atoms with Crippen molar-refractivity contribution in [3.63, 3.8) is 0 Å². The van der Waals surface area contributed by atoms with Crippen LogP contribution < -0.4 is 25.9 Å². The molecule has 1 atom stereocenters. The largest absolute Gasteiger partial charge is 0.546 e. The quantitative estimate of drug-likeness (QED) is 0.477. The van der Waals surface area contributed by atoms with E-state index in [0.717, 1.165) is 28.6 Å². The van der Waals surface area contributed by atoms with Crippen molar-refractivity contribution in [2.75, 3.05) is 11.9 Å². The van der Waals surface area contributed by atoms with Crippen LogP contribution >= 0.6 is 11.8 Å². The molecule has 0 bridgehead atoms. The molecule has 0 spiro atoms. The van der Waals surface area contributed by atoms with Crippen LogP contribution in [0.3, 0.4) is 0 Å². The number of thioether (sulfide) groups is 1. The second kappa shape index (κ2) is 10.7. The maximum atomic E-state index is 12.5. The number of carboxylic acids is 1. The smallest absolute Gasteiger partial charge is 0.240 e. The Balaban J connectivity index is 1.56. The highest BCUT2D eigenvalue weighted by atomic mass is 32.2. The molecule has 1 saturated heterocycles. The molecule has 9 nitrogen and oxygen atoms in total. The molecular weight excluding hydrogens is 444 g/mol. The highest BCUT2D eigenvalue weighted by molar-refractivity contribution is 8.15. The zero-order valence-electron chi connectivity index (χ0n) is 18.1. The lowest BCUT2D eigenvalue weighted by molar-refractivity contribution is -0.307. The minimum absolute atomic E-state index is 0.00204. The van der Waals surface area contributed by atoms with Crippen LogP contribution in [0, 0.1) is 13.8 Å². The number of amides is 2. The van der Waals surface area contributed by atoms with Gasteiger partial charge >= 0.3 is 0 Å². The summed E-state index contributed by atoms with van der Waals surface area (Å²) in [6.45, 7) is 7.14. The number of anilines is 1. The number of rotatable bonds is 9. The Bertz CT molecular complexity index is 1110. The predicted octanol–water partition coefficient (Wildman–Crippen LogP) is 1.52. The van der Waals surface area contributed by atoms with Gasteiger partial charge in [0, 0.05) is 17.7 Å².